The Morgan fingerprint density at radius 3 is 2.57 bits per heavy atom. The molecule has 0 heterocycles. The highest BCUT2D eigenvalue weighted by molar-refractivity contribution is 7.98. The number of para-hydroxylation sites is 1. The van der Waals surface area contributed by atoms with E-state index >= 15 is 0 Å². The molecule has 0 saturated carbocycles. The molecule has 0 aliphatic carbocycles. The third-order valence-electron chi connectivity index (χ3n) is 3.42. The van der Waals surface area contributed by atoms with Gasteiger partial charge in [0, 0.05) is 18.1 Å². The van der Waals surface area contributed by atoms with E-state index in [1.807, 2.05) is 61.2 Å². The molecule has 0 aliphatic heterocycles. The smallest absolute Gasteiger partial charge is 0.260 e. The highest BCUT2D eigenvalue weighted by Gasteiger charge is 2.14. The molecule has 0 spiro atoms. The van der Waals surface area contributed by atoms with Crippen LogP contribution in [0.25, 0.3) is 0 Å². The summed E-state index contributed by atoms with van der Waals surface area (Å²) in [6, 6.07) is 18.1. The van der Waals surface area contributed by atoms with E-state index in [1.54, 1.807) is 6.92 Å². The normalized spacial score (nSPS) is 11.7. The molecule has 0 aromatic heterocycles. The van der Waals surface area contributed by atoms with E-state index in [0.717, 1.165) is 22.8 Å². The summed E-state index contributed by atoms with van der Waals surface area (Å²) >= 11 is 1.81. The number of ether oxygens (including phenoxy) is 1. The average molecular weight is 329 g/mol. The number of carbonyl (C=O) groups excluding carboxylic acids is 1. The molecule has 1 atom stereocenters. The maximum absolute atomic E-state index is 12.0. The molecule has 2 aromatic carbocycles. The van der Waals surface area contributed by atoms with Gasteiger partial charge in [-0.2, -0.15) is 11.8 Å². The van der Waals surface area contributed by atoms with Crippen molar-refractivity contribution in [3.63, 3.8) is 0 Å². The zero-order valence-corrected chi connectivity index (χ0v) is 14.4. The third kappa shape index (κ3) is 5.99. The van der Waals surface area contributed by atoms with Gasteiger partial charge in [0.05, 0.1) is 0 Å². The van der Waals surface area contributed by atoms with Gasteiger partial charge >= 0.3 is 0 Å². The minimum absolute atomic E-state index is 0.0754. The number of hydrogen-bond acceptors (Lipinski definition) is 3. The van der Waals surface area contributed by atoms with Crippen LogP contribution in [0.4, 0.5) is 0 Å². The van der Waals surface area contributed by atoms with Crippen LogP contribution in [-0.4, -0.2) is 24.3 Å². The fourth-order valence-electron chi connectivity index (χ4n) is 2.09. The SMILES string of the molecule is Cc1ccccc1OC(C)C(=O)NCCSCc1ccccc1. The molecule has 1 amide bonds. The monoisotopic (exact) mass is 329 g/mol. The molecule has 0 aliphatic rings. The Morgan fingerprint density at radius 1 is 1.13 bits per heavy atom. The lowest BCUT2D eigenvalue weighted by Gasteiger charge is -2.16. The number of thioether (sulfide) groups is 1. The van der Waals surface area contributed by atoms with Crippen LogP contribution < -0.4 is 10.1 Å². The average Bonchev–Trinajstić information content (AvgIpc) is 2.57. The molecular weight excluding hydrogens is 306 g/mol. The number of carbonyl (C=O) groups is 1. The van der Waals surface area contributed by atoms with Crippen molar-refractivity contribution in [2.75, 3.05) is 12.3 Å². The molecule has 2 aromatic rings. The molecule has 122 valence electrons. The zero-order chi connectivity index (χ0) is 16.5. The molecule has 0 bridgehead atoms. The van der Waals surface area contributed by atoms with Gasteiger partial charge in [-0.15, -0.1) is 0 Å². The molecule has 2 rings (SSSR count). The molecule has 4 heteroatoms. The van der Waals surface area contributed by atoms with Gasteiger partial charge in [-0.3, -0.25) is 4.79 Å². The topological polar surface area (TPSA) is 38.3 Å². The Morgan fingerprint density at radius 2 is 1.83 bits per heavy atom. The molecule has 0 fully saturated rings. The quantitative estimate of drug-likeness (QED) is 0.748. The van der Waals surface area contributed by atoms with Gasteiger partial charge in [0.25, 0.3) is 5.91 Å². The number of amides is 1. The Hall–Kier alpha value is -1.94. The lowest BCUT2D eigenvalue weighted by atomic mass is 10.2. The van der Waals surface area contributed by atoms with E-state index in [9.17, 15) is 4.79 Å². The number of benzene rings is 2. The van der Waals surface area contributed by atoms with E-state index in [2.05, 4.69) is 17.4 Å². The van der Waals surface area contributed by atoms with Gasteiger partial charge in [0.1, 0.15) is 5.75 Å². The van der Waals surface area contributed by atoms with Gasteiger partial charge in [-0.05, 0) is 31.0 Å². The Labute approximate surface area is 142 Å². The number of hydrogen-bond donors (Lipinski definition) is 1. The van der Waals surface area contributed by atoms with Crippen LogP contribution in [0.5, 0.6) is 5.75 Å². The lowest BCUT2D eigenvalue weighted by molar-refractivity contribution is -0.127. The number of rotatable bonds is 8. The summed E-state index contributed by atoms with van der Waals surface area (Å²) in [7, 11) is 0. The largest absolute Gasteiger partial charge is 0.481 e. The van der Waals surface area contributed by atoms with Crippen LogP contribution in [0.2, 0.25) is 0 Å². The van der Waals surface area contributed by atoms with Crippen LogP contribution in [0.15, 0.2) is 54.6 Å². The first-order valence-electron chi connectivity index (χ1n) is 7.78. The van der Waals surface area contributed by atoms with E-state index in [1.165, 1.54) is 5.56 Å². The fourth-order valence-corrected chi connectivity index (χ4v) is 2.91. The van der Waals surface area contributed by atoms with Crippen LogP contribution in [0, 0.1) is 6.92 Å². The van der Waals surface area contributed by atoms with Crippen LogP contribution in [0.1, 0.15) is 18.1 Å². The van der Waals surface area contributed by atoms with Crippen molar-refractivity contribution >= 4 is 17.7 Å². The number of nitrogens with one attached hydrogen (secondary N) is 1. The molecule has 3 nitrogen and oxygen atoms in total. The molecule has 23 heavy (non-hydrogen) atoms. The van der Waals surface area contributed by atoms with Crippen LogP contribution in [-0.2, 0) is 10.5 Å². The highest BCUT2D eigenvalue weighted by Crippen LogP contribution is 2.17. The van der Waals surface area contributed by atoms with E-state index in [-0.39, 0.29) is 5.91 Å². The van der Waals surface area contributed by atoms with Crippen LogP contribution >= 0.6 is 11.8 Å². The van der Waals surface area contributed by atoms with E-state index < -0.39 is 6.10 Å². The predicted molar refractivity (Wildman–Crippen MR) is 96.9 cm³/mol. The second-order valence-electron chi connectivity index (χ2n) is 5.35. The summed E-state index contributed by atoms with van der Waals surface area (Å²) in [6.45, 7) is 4.40. The van der Waals surface area contributed by atoms with Crippen molar-refractivity contribution in [2.24, 2.45) is 0 Å². The molecular formula is C19H23NO2S. The Kier molecular flexibility index (Phi) is 7.01. The van der Waals surface area contributed by atoms with Crippen molar-refractivity contribution in [2.45, 2.75) is 25.7 Å². The minimum Gasteiger partial charge on any atom is -0.481 e. The highest BCUT2D eigenvalue weighted by atomic mass is 32.2. The maximum Gasteiger partial charge on any atom is 0.260 e. The second-order valence-corrected chi connectivity index (χ2v) is 6.46. The summed E-state index contributed by atoms with van der Waals surface area (Å²) in [4.78, 5) is 12.0. The third-order valence-corrected chi connectivity index (χ3v) is 4.45. The van der Waals surface area contributed by atoms with Crippen molar-refractivity contribution in [1.82, 2.24) is 5.32 Å². The zero-order valence-electron chi connectivity index (χ0n) is 13.6. The van der Waals surface area contributed by atoms with Crippen LogP contribution in [0.3, 0.4) is 0 Å². The predicted octanol–water partition coefficient (Wildman–Crippen LogP) is 3.81. The summed E-state index contributed by atoms with van der Waals surface area (Å²) in [5.41, 5.74) is 2.34. The van der Waals surface area contributed by atoms with Gasteiger partial charge in [-0.1, -0.05) is 48.5 Å². The van der Waals surface area contributed by atoms with Gasteiger partial charge in [0.15, 0.2) is 6.10 Å². The summed E-state index contributed by atoms with van der Waals surface area (Å²) < 4.78 is 5.71. The van der Waals surface area contributed by atoms with Gasteiger partial charge < -0.3 is 10.1 Å². The van der Waals surface area contributed by atoms with Gasteiger partial charge in [0.2, 0.25) is 0 Å². The van der Waals surface area contributed by atoms with Crippen molar-refractivity contribution in [1.29, 1.82) is 0 Å². The van der Waals surface area contributed by atoms with Crippen molar-refractivity contribution in [3.05, 3.63) is 65.7 Å². The van der Waals surface area contributed by atoms with Crippen molar-refractivity contribution in [3.8, 4) is 5.75 Å². The Bertz CT molecular complexity index is 616. The Balaban J connectivity index is 1.65. The van der Waals surface area contributed by atoms with Gasteiger partial charge in [-0.25, -0.2) is 0 Å². The summed E-state index contributed by atoms with van der Waals surface area (Å²) in [5.74, 6) is 2.53. The van der Waals surface area contributed by atoms with E-state index in [0.29, 0.717) is 6.54 Å². The first-order chi connectivity index (χ1) is 11.2. The number of aryl methyl sites for hydroxylation is 1. The lowest BCUT2D eigenvalue weighted by Crippen LogP contribution is -2.37. The second kappa shape index (κ2) is 9.26. The standard InChI is InChI=1S/C19H23NO2S/c1-15-8-6-7-11-18(15)22-16(2)19(21)20-12-13-23-14-17-9-4-3-5-10-17/h3-11,16H,12-14H2,1-2H3,(H,20,21). The first kappa shape index (κ1) is 17.4. The molecule has 0 saturated heterocycles. The molecule has 1 unspecified atom stereocenters. The minimum atomic E-state index is -0.491. The first-order valence-corrected chi connectivity index (χ1v) is 8.94. The fraction of sp³-hybridized carbons (Fsp3) is 0.316. The maximum atomic E-state index is 12.0. The van der Waals surface area contributed by atoms with E-state index in [4.69, 9.17) is 4.74 Å². The van der Waals surface area contributed by atoms with Crippen molar-refractivity contribution < 1.29 is 9.53 Å². The molecule has 0 radical (unpaired) electrons. The summed E-state index contributed by atoms with van der Waals surface area (Å²) in [6.07, 6.45) is -0.491. The molecule has 1 N–H and O–H groups in total. The summed E-state index contributed by atoms with van der Waals surface area (Å²) in [5, 5.41) is 2.92.